The predicted molar refractivity (Wildman–Crippen MR) is 70.7 cm³/mol. The molecule has 2 aromatic heterocycles. The molecule has 1 unspecified atom stereocenters. The van der Waals surface area contributed by atoms with Crippen molar-refractivity contribution in [2.75, 3.05) is 7.05 Å². The smallest absolute Gasteiger partial charge is 0.246 e. The molecule has 0 aliphatic carbocycles. The average molecular weight is 278 g/mol. The van der Waals surface area contributed by atoms with Gasteiger partial charge in [0.2, 0.25) is 11.8 Å². The Balaban J connectivity index is 1.64. The van der Waals surface area contributed by atoms with Gasteiger partial charge in [-0.15, -0.1) is 11.3 Å². The van der Waals surface area contributed by atoms with Crippen LogP contribution in [0.25, 0.3) is 4.96 Å². The van der Waals surface area contributed by atoms with Crippen LogP contribution >= 0.6 is 11.3 Å². The van der Waals surface area contributed by atoms with Gasteiger partial charge in [0.25, 0.3) is 0 Å². The van der Waals surface area contributed by atoms with Crippen LogP contribution in [0.2, 0.25) is 0 Å². The quantitative estimate of drug-likeness (QED) is 0.836. The number of imide groups is 1. The van der Waals surface area contributed by atoms with Crippen molar-refractivity contribution in [3.63, 3.8) is 0 Å². The highest BCUT2D eigenvalue weighted by Crippen LogP contribution is 2.14. The molecule has 3 rings (SSSR count). The maximum Gasteiger partial charge on any atom is 0.246 e. The third-order valence-corrected chi connectivity index (χ3v) is 4.09. The van der Waals surface area contributed by atoms with E-state index in [1.165, 1.54) is 11.9 Å². The van der Waals surface area contributed by atoms with Crippen molar-refractivity contribution in [1.29, 1.82) is 0 Å². The Morgan fingerprint density at radius 3 is 3.16 bits per heavy atom. The molecule has 3 heterocycles. The van der Waals surface area contributed by atoms with Crippen molar-refractivity contribution < 1.29 is 9.59 Å². The fraction of sp³-hybridized carbons (Fsp3) is 0.417. The molecule has 0 saturated carbocycles. The third-order valence-electron chi connectivity index (χ3n) is 3.32. The first kappa shape index (κ1) is 12.3. The second-order valence-corrected chi connectivity index (χ2v) is 5.46. The van der Waals surface area contributed by atoms with E-state index < -0.39 is 0 Å². The molecule has 1 saturated heterocycles. The predicted octanol–water partition coefficient (Wildman–Crippen LogP) is 0.633. The van der Waals surface area contributed by atoms with Gasteiger partial charge in [-0.25, -0.2) is 4.98 Å². The number of likely N-dealkylation sites (N-methyl/N-ethyl adjacent to an activating group) is 1. The molecule has 0 spiro atoms. The minimum Gasteiger partial charge on any atom is -0.300 e. The molecule has 100 valence electrons. The lowest BCUT2D eigenvalue weighted by atomic mass is 10.0. The number of aromatic nitrogens is 2. The highest BCUT2D eigenvalue weighted by atomic mass is 32.1. The van der Waals surface area contributed by atoms with Crippen molar-refractivity contribution >= 4 is 28.1 Å². The molecular formula is C12H14N4O2S. The summed E-state index contributed by atoms with van der Waals surface area (Å²) in [6, 6.07) is -0.289. The molecule has 2 aromatic rings. The van der Waals surface area contributed by atoms with Gasteiger partial charge < -0.3 is 5.32 Å². The van der Waals surface area contributed by atoms with Gasteiger partial charge in [0, 0.05) is 37.8 Å². The van der Waals surface area contributed by atoms with Gasteiger partial charge in [0.1, 0.15) is 0 Å². The van der Waals surface area contributed by atoms with Gasteiger partial charge in [-0.1, -0.05) is 0 Å². The SMILES string of the molecule is CN1C(=O)CCC(NCc2cn3ccsc3n2)C1=O. The van der Waals surface area contributed by atoms with E-state index in [1.54, 1.807) is 11.3 Å². The minimum atomic E-state index is -0.289. The number of nitrogens with one attached hydrogen (secondary N) is 1. The van der Waals surface area contributed by atoms with E-state index in [0.717, 1.165) is 10.7 Å². The molecule has 19 heavy (non-hydrogen) atoms. The number of amides is 2. The maximum atomic E-state index is 11.9. The molecule has 7 heteroatoms. The molecule has 0 radical (unpaired) electrons. The lowest BCUT2D eigenvalue weighted by Crippen LogP contribution is -2.51. The molecule has 1 N–H and O–H groups in total. The third kappa shape index (κ3) is 2.26. The van der Waals surface area contributed by atoms with E-state index in [1.807, 2.05) is 22.2 Å². The van der Waals surface area contributed by atoms with Crippen molar-refractivity contribution in [2.24, 2.45) is 0 Å². The second-order valence-electron chi connectivity index (χ2n) is 4.59. The zero-order valence-corrected chi connectivity index (χ0v) is 11.3. The van der Waals surface area contributed by atoms with Gasteiger partial charge in [-0.2, -0.15) is 0 Å². The number of carbonyl (C=O) groups excluding carboxylic acids is 2. The van der Waals surface area contributed by atoms with Crippen molar-refractivity contribution in [3.05, 3.63) is 23.5 Å². The number of carbonyl (C=O) groups is 2. The van der Waals surface area contributed by atoms with Crippen LogP contribution < -0.4 is 5.32 Å². The van der Waals surface area contributed by atoms with E-state index in [2.05, 4.69) is 10.3 Å². The number of imidazole rings is 1. The number of fused-ring (bicyclic) bond motifs is 1. The van der Waals surface area contributed by atoms with Gasteiger partial charge in [0.05, 0.1) is 11.7 Å². The first-order valence-electron chi connectivity index (χ1n) is 6.10. The topological polar surface area (TPSA) is 66.7 Å². The summed E-state index contributed by atoms with van der Waals surface area (Å²) in [5.41, 5.74) is 0.902. The Bertz CT molecular complexity index is 604. The van der Waals surface area contributed by atoms with Crippen LogP contribution in [0.1, 0.15) is 18.5 Å². The molecule has 1 aliphatic rings. The first-order chi connectivity index (χ1) is 9.15. The fourth-order valence-electron chi connectivity index (χ4n) is 2.19. The number of hydrogen-bond acceptors (Lipinski definition) is 5. The van der Waals surface area contributed by atoms with E-state index in [4.69, 9.17) is 0 Å². The Hall–Kier alpha value is -1.73. The van der Waals surface area contributed by atoms with E-state index >= 15 is 0 Å². The number of piperidine rings is 1. The Morgan fingerprint density at radius 1 is 1.53 bits per heavy atom. The molecule has 1 aliphatic heterocycles. The summed E-state index contributed by atoms with van der Waals surface area (Å²) in [6.45, 7) is 0.535. The summed E-state index contributed by atoms with van der Waals surface area (Å²) in [6.07, 6.45) is 4.87. The van der Waals surface area contributed by atoms with Crippen molar-refractivity contribution in [2.45, 2.75) is 25.4 Å². The largest absolute Gasteiger partial charge is 0.300 e. The summed E-state index contributed by atoms with van der Waals surface area (Å²) < 4.78 is 1.96. The summed E-state index contributed by atoms with van der Waals surface area (Å²) in [4.78, 5) is 29.9. The molecule has 1 atom stereocenters. The number of likely N-dealkylation sites (tertiary alicyclic amines) is 1. The fourth-order valence-corrected chi connectivity index (χ4v) is 2.91. The summed E-state index contributed by atoms with van der Waals surface area (Å²) >= 11 is 1.58. The van der Waals surface area contributed by atoms with Crippen LogP contribution in [0, 0.1) is 0 Å². The van der Waals surface area contributed by atoms with Gasteiger partial charge in [0.15, 0.2) is 4.96 Å². The first-order valence-corrected chi connectivity index (χ1v) is 6.98. The second kappa shape index (κ2) is 4.75. The molecule has 6 nitrogen and oxygen atoms in total. The van der Waals surface area contributed by atoms with E-state index in [0.29, 0.717) is 19.4 Å². The number of nitrogens with zero attached hydrogens (tertiary/aromatic N) is 3. The highest BCUT2D eigenvalue weighted by Gasteiger charge is 2.31. The zero-order chi connectivity index (χ0) is 13.4. The number of thiazole rings is 1. The van der Waals surface area contributed by atoms with E-state index in [-0.39, 0.29) is 17.9 Å². The Morgan fingerprint density at radius 2 is 2.37 bits per heavy atom. The number of rotatable bonds is 3. The van der Waals surface area contributed by atoms with Crippen molar-refractivity contribution in [3.8, 4) is 0 Å². The van der Waals surface area contributed by atoms with Crippen LogP contribution in [-0.2, 0) is 16.1 Å². The lowest BCUT2D eigenvalue weighted by Gasteiger charge is -2.28. The highest BCUT2D eigenvalue weighted by molar-refractivity contribution is 7.15. The molecule has 2 amide bonds. The molecule has 1 fully saturated rings. The Labute approximate surface area is 114 Å². The maximum absolute atomic E-state index is 11.9. The monoisotopic (exact) mass is 278 g/mol. The molecule has 0 aromatic carbocycles. The van der Waals surface area contributed by atoms with Crippen LogP contribution in [0.15, 0.2) is 17.8 Å². The van der Waals surface area contributed by atoms with Gasteiger partial charge >= 0.3 is 0 Å². The average Bonchev–Trinajstić information content (AvgIpc) is 2.96. The van der Waals surface area contributed by atoms with Crippen LogP contribution in [0.3, 0.4) is 0 Å². The Kier molecular flexibility index (Phi) is 3.08. The van der Waals surface area contributed by atoms with Gasteiger partial charge in [-0.05, 0) is 6.42 Å². The number of hydrogen-bond donors (Lipinski definition) is 1. The zero-order valence-electron chi connectivity index (χ0n) is 10.5. The van der Waals surface area contributed by atoms with Crippen LogP contribution in [-0.4, -0.2) is 39.2 Å². The summed E-state index contributed by atoms with van der Waals surface area (Å²) in [7, 11) is 1.53. The van der Waals surface area contributed by atoms with Gasteiger partial charge in [-0.3, -0.25) is 18.9 Å². The van der Waals surface area contributed by atoms with Crippen LogP contribution in [0.5, 0.6) is 0 Å². The van der Waals surface area contributed by atoms with Crippen LogP contribution in [0.4, 0.5) is 0 Å². The summed E-state index contributed by atoms with van der Waals surface area (Å²) in [5, 5.41) is 5.15. The standard InChI is InChI=1S/C12H14N4O2S/c1-15-10(17)3-2-9(11(15)18)13-6-8-7-16-4-5-19-12(16)14-8/h4-5,7,9,13H,2-3,6H2,1H3. The normalized spacial score (nSPS) is 20.5. The molecular weight excluding hydrogens is 264 g/mol. The molecule has 0 bridgehead atoms. The minimum absolute atomic E-state index is 0.106. The van der Waals surface area contributed by atoms with Crippen molar-refractivity contribution in [1.82, 2.24) is 19.6 Å². The van der Waals surface area contributed by atoms with E-state index in [9.17, 15) is 9.59 Å². The lowest BCUT2D eigenvalue weighted by molar-refractivity contribution is -0.148. The summed E-state index contributed by atoms with van der Waals surface area (Å²) in [5.74, 6) is -0.261.